The SMILES string of the molecule is CC(CC(=O)O)SCc1csc(-c2ccccc2Cl)n1. The summed E-state index contributed by atoms with van der Waals surface area (Å²) in [4.78, 5) is 15.2. The van der Waals surface area contributed by atoms with E-state index < -0.39 is 5.97 Å². The lowest BCUT2D eigenvalue weighted by atomic mass is 10.2. The number of carboxylic acid groups (broad SMARTS) is 1. The fourth-order valence-electron chi connectivity index (χ4n) is 1.66. The van der Waals surface area contributed by atoms with Crippen molar-refractivity contribution >= 4 is 40.7 Å². The van der Waals surface area contributed by atoms with Crippen molar-refractivity contribution in [3.63, 3.8) is 0 Å². The maximum Gasteiger partial charge on any atom is 0.304 e. The Morgan fingerprint density at radius 3 is 2.95 bits per heavy atom. The molecule has 1 unspecified atom stereocenters. The first-order valence-electron chi connectivity index (χ1n) is 6.09. The van der Waals surface area contributed by atoms with E-state index >= 15 is 0 Å². The van der Waals surface area contributed by atoms with Gasteiger partial charge in [-0.05, 0) is 6.07 Å². The number of aromatic nitrogens is 1. The van der Waals surface area contributed by atoms with Crippen molar-refractivity contribution in [2.24, 2.45) is 0 Å². The van der Waals surface area contributed by atoms with Crippen LogP contribution in [0.2, 0.25) is 5.02 Å². The molecule has 0 saturated heterocycles. The molecule has 1 aromatic carbocycles. The van der Waals surface area contributed by atoms with Crippen LogP contribution in [0.1, 0.15) is 19.0 Å². The van der Waals surface area contributed by atoms with Gasteiger partial charge in [-0.25, -0.2) is 4.98 Å². The Bertz CT molecular complexity index is 600. The summed E-state index contributed by atoms with van der Waals surface area (Å²) in [5.41, 5.74) is 1.90. The van der Waals surface area contributed by atoms with Gasteiger partial charge < -0.3 is 5.11 Å². The highest BCUT2D eigenvalue weighted by Crippen LogP contribution is 2.31. The molecule has 106 valence electrons. The first kappa shape index (κ1) is 15.4. The summed E-state index contributed by atoms with van der Waals surface area (Å²) in [6.07, 6.45) is 0.173. The van der Waals surface area contributed by atoms with Crippen LogP contribution in [0.5, 0.6) is 0 Å². The maximum atomic E-state index is 10.6. The van der Waals surface area contributed by atoms with Gasteiger partial charge in [0.1, 0.15) is 5.01 Å². The van der Waals surface area contributed by atoms with E-state index in [2.05, 4.69) is 4.98 Å². The Balaban J connectivity index is 1.99. The number of carboxylic acids is 1. The number of nitrogens with zero attached hydrogens (tertiary/aromatic N) is 1. The number of rotatable bonds is 6. The van der Waals surface area contributed by atoms with Crippen molar-refractivity contribution in [1.29, 1.82) is 0 Å². The molecule has 0 fully saturated rings. The lowest BCUT2D eigenvalue weighted by Gasteiger charge is -2.06. The fourth-order valence-corrected chi connectivity index (χ4v) is 3.77. The third-order valence-electron chi connectivity index (χ3n) is 2.63. The van der Waals surface area contributed by atoms with Crippen LogP contribution < -0.4 is 0 Å². The van der Waals surface area contributed by atoms with Gasteiger partial charge in [-0.3, -0.25) is 4.79 Å². The summed E-state index contributed by atoms with van der Waals surface area (Å²) < 4.78 is 0. The van der Waals surface area contributed by atoms with Gasteiger partial charge in [0, 0.05) is 21.9 Å². The van der Waals surface area contributed by atoms with Gasteiger partial charge in [-0.1, -0.05) is 36.7 Å². The molecule has 1 aromatic heterocycles. The van der Waals surface area contributed by atoms with Gasteiger partial charge in [0.2, 0.25) is 0 Å². The van der Waals surface area contributed by atoms with Crippen LogP contribution in [0.4, 0.5) is 0 Å². The molecule has 0 radical (unpaired) electrons. The largest absolute Gasteiger partial charge is 0.481 e. The first-order valence-corrected chi connectivity index (χ1v) is 8.39. The van der Waals surface area contributed by atoms with Crippen LogP contribution in [0.15, 0.2) is 29.6 Å². The van der Waals surface area contributed by atoms with Crippen LogP contribution >= 0.6 is 34.7 Å². The average Bonchev–Trinajstić information content (AvgIpc) is 2.85. The normalized spacial score (nSPS) is 12.3. The predicted octanol–water partition coefficient (Wildman–Crippen LogP) is 4.56. The first-order chi connectivity index (χ1) is 9.56. The Kier molecular flexibility index (Phi) is 5.46. The summed E-state index contributed by atoms with van der Waals surface area (Å²) in [5, 5.41) is 12.4. The number of halogens is 1. The van der Waals surface area contributed by atoms with Gasteiger partial charge in [0.15, 0.2) is 0 Å². The van der Waals surface area contributed by atoms with Gasteiger partial charge in [0.05, 0.1) is 17.1 Å². The molecule has 0 aliphatic rings. The van der Waals surface area contributed by atoms with Crippen LogP contribution in [-0.4, -0.2) is 21.3 Å². The maximum absolute atomic E-state index is 10.6. The van der Waals surface area contributed by atoms with E-state index in [4.69, 9.17) is 16.7 Å². The highest BCUT2D eigenvalue weighted by Gasteiger charge is 2.11. The fraction of sp³-hybridized carbons (Fsp3) is 0.286. The molecular formula is C14H14ClNO2S2. The van der Waals surface area contributed by atoms with E-state index in [0.717, 1.165) is 22.0 Å². The number of carbonyl (C=O) groups is 1. The molecule has 2 aromatic rings. The zero-order valence-electron chi connectivity index (χ0n) is 10.9. The van der Waals surface area contributed by atoms with Gasteiger partial charge >= 0.3 is 5.97 Å². The molecule has 0 bridgehead atoms. The summed E-state index contributed by atoms with van der Waals surface area (Å²) >= 11 is 9.31. The van der Waals surface area contributed by atoms with E-state index in [9.17, 15) is 4.79 Å². The molecule has 0 aliphatic carbocycles. The number of thiazole rings is 1. The molecule has 20 heavy (non-hydrogen) atoms. The monoisotopic (exact) mass is 327 g/mol. The van der Waals surface area contributed by atoms with E-state index in [1.807, 2.05) is 36.6 Å². The summed E-state index contributed by atoms with van der Waals surface area (Å²) in [7, 11) is 0. The van der Waals surface area contributed by atoms with Crippen molar-refractivity contribution < 1.29 is 9.90 Å². The van der Waals surface area contributed by atoms with E-state index in [1.165, 1.54) is 0 Å². The minimum atomic E-state index is -0.764. The lowest BCUT2D eigenvalue weighted by Crippen LogP contribution is -2.05. The molecule has 6 heteroatoms. The van der Waals surface area contributed by atoms with Gasteiger partial charge in [0.25, 0.3) is 0 Å². The molecular weight excluding hydrogens is 314 g/mol. The zero-order chi connectivity index (χ0) is 14.5. The standard InChI is InChI=1S/C14H14ClNO2S2/c1-9(6-13(17)18)19-7-10-8-20-14(16-10)11-4-2-3-5-12(11)15/h2-5,8-9H,6-7H2,1H3,(H,17,18). The van der Waals surface area contributed by atoms with E-state index in [-0.39, 0.29) is 11.7 Å². The van der Waals surface area contributed by atoms with Crippen molar-refractivity contribution in [1.82, 2.24) is 4.98 Å². The van der Waals surface area contributed by atoms with Crippen LogP contribution in [0, 0.1) is 0 Å². The zero-order valence-corrected chi connectivity index (χ0v) is 13.3. The highest BCUT2D eigenvalue weighted by molar-refractivity contribution is 7.99. The molecule has 1 atom stereocenters. The van der Waals surface area contributed by atoms with Crippen LogP contribution in [0.25, 0.3) is 10.6 Å². The third kappa shape index (κ3) is 4.23. The van der Waals surface area contributed by atoms with Gasteiger partial charge in [-0.15, -0.1) is 11.3 Å². The molecule has 0 spiro atoms. The Morgan fingerprint density at radius 1 is 1.50 bits per heavy atom. The van der Waals surface area contributed by atoms with Crippen molar-refractivity contribution in [2.75, 3.05) is 0 Å². The molecule has 1 N–H and O–H groups in total. The summed E-state index contributed by atoms with van der Waals surface area (Å²) in [6, 6.07) is 7.63. The predicted molar refractivity (Wildman–Crippen MR) is 85.6 cm³/mol. The highest BCUT2D eigenvalue weighted by atomic mass is 35.5. The summed E-state index contributed by atoms with van der Waals surface area (Å²) in [6.45, 7) is 1.92. The Hall–Kier alpha value is -1.04. The second kappa shape index (κ2) is 7.11. The average molecular weight is 328 g/mol. The number of aliphatic carboxylic acids is 1. The lowest BCUT2D eigenvalue weighted by molar-refractivity contribution is -0.136. The number of hydrogen-bond donors (Lipinski definition) is 1. The number of thioether (sulfide) groups is 1. The number of benzene rings is 1. The smallest absolute Gasteiger partial charge is 0.304 e. The Labute approximate surface area is 131 Å². The number of hydrogen-bond acceptors (Lipinski definition) is 4. The molecule has 1 heterocycles. The Morgan fingerprint density at radius 2 is 2.25 bits per heavy atom. The molecule has 0 saturated carbocycles. The van der Waals surface area contributed by atoms with E-state index in [0.29, 0.717) is 5.02 Å². The van der Waals surface area contributed by atoms with E-state index in [1.54, 1.807) is 23.1 Å². The van der Waals surface area contributed by atoms with Gasteiger partial charge in [-0.2, -0.15) is 11.8 Å². The third-order valence-corrected chi connectivity index (χ3v) is 5.09. The molecule has 2 rings (SSSR count). The molecule has 0 amide bonds. The molecule has 3 nitrogen and oxygen atoms in total. The summed E-state index contributed by atoms with van der Waals surface area (Å²) in [5.74, 6) is -0.0462. The topological polar surface area (TPSA) is 50.2 Å². The second-order valence-corrected chi connectivity index (χ2v) is 7.04. The van der Waals surface area contributed by atoms with Crippen molar-refractivity contribution in [3.8, 4) is 10.6 Å². The molecule has 0 aliphatic heterocycles. The minimum absolute atomic E-state index is 0.0814. The van der Waals surface area contributed by atoms with Crippen molar-refractivity contribution in [3.05, 3.63) is 40.4 Å². The second-order valence-electron chi connectivity index (χ2n) is 4.34. The van der Waals surface area contributed by atoms with Crippen LogP contribution in [0.3, 0.4) is 0 Å². The van der Waals surface area contributed by atoms with Crippen LogP contribution in [-0.2, 0) is 10.5 Å². The minimum Gasteiger partial charge on any atom is -0.481 e. The van der Waals surface area contributed by atoms with Crippen molar-refractivity contribution in [2.45, 2.75) is 24.3 Å². The quantitative estimate of drug-likeness (QED) is 0.845.